The van der Waals surface area contributed by atoms with Crippen LogP contribution in [0, 0.1) is 6.92 Å². The van der Waals surface area contributed by atoms with Crippen LogP contribution in [0.15, 0.2) is 66.7 Å². The predicted octanol–water partition coefficient (Wildman–Crippen LogP) is 5.19. The molecule has 1 aliphatic rings. The average molecular weight is 391 g/mol. The van der Waals surface area contributed by atoms with E-state index in [1.165, 1.54) is 11.3 Å². The summed E-state index contributed by atoms with van der Waals surface area (Å²) in [5.74, 6) is 1.37. The van der Waals surface area contributed by atoms with Crippen LogP contribution in [0.3, 0.4) is 0 Å². The average Bonchev–Trinajstić information content (AvgIpc) is 3.17. The lowest BCUT2D eigenvalue weighted by molar-refractivity contribution is 0.0993. The highest BCUT2D eigenvalue weighted by Gasteiger charge is 2.21. The Balaban J connectivity index is 1.63. The molecule has 142 valence electrons. The Morgan fingerprint density at radius 1 is 1.04 bits per heavy atom. The van der Waals surface area contributed by atoms with Crippen molar-refractivity contribution in [1.29, 1.82) is 0 Å². The monoisotopic (exact) mass is 391 g/mol. The fourth-order valence-corrected chi connectivity index (χ4v) is 3.86. The van der Waals surface area contributed by atoms with E-state index in [-0.39, 0.29) is 5.91 Å². The number of carbonyl (C=O) groups is 1. The largest absolute Gasteiger partial charge is 0.486 e. The minimum absolute atomic E-state index is 0.0208. The molecular weight excluding hydrogens is 370 g/mol. The number of thiophene rings is 1. The van der Waals surface area contributed by atoms with Gasteiger partial charge in [0.25, 0.3) is 5.91 Å². The molecule has 2 heterocycles. The second-order valence-electron chi connectivity index (χ2n) is 6.47. The van der Waals surface area contributed by atoms with Gasteiger partial charge in [-0.15, -0.1) is 11.3 Å². The minimum atomic E-state index is -0.0208. The first-order chi connectivity index (χ1) is 13.7. The van der Waals surface area contributed by atoms with Gasteiger partial charge in [0.15, 0.2) is 11.5 Å². The normalized spacial score (nSPS) is 12.9. The summed E-state index contributed by atoms with van der Waals surface area (Å²) in [7, 11) is 0. The molecule has 0 saturated carbocycles. The second-order valence-corrected chi connectivity index (χ2v) is 7.75. The molecule has 4 rings (SSSR count). The highest BCUT2D eigenvalue weighted by molar-refractivity contribution is 7.14. The van der Waals surface area contributed by atoms with Crippen LogP contribution < -0.4 is 14.4 Å². The summed E-state index contributed by atoms with van der Waals surface area (Å²) in [4.78, 5) is 16.8. The number of carbonyl (C=O) groups excluding carboxylic acids is 1. The lowest BCUT2D eigenvalue weighted by Crippen LogP contribution is -2.30. The molecule has 1 aliphatic heterocycles. The molecule has 0 fully saturated rings. The van der Waals surface area contributed by atoms with Gasteiger partial charge in [-0.05, 0) is 36.8 Å². The number of rotatable bonds is 5. The van der Waals surface area contributed by atoms with Gasteiger partial charge in [0.2, 0.25) is 0 Å². The predicted molar refractivity (Wildman–Crippen MR) is 114 cm³/mol. The molecule has 0 saturated heterocycles. The van der Waals surface area contributed by atoms with E-state index in [4.69, 9.17) is 9.47 Å². The zero-order chi connectivity index (χ0) is 19.3. The van der Waals surface area contributed by atoms with E-state index in [0.29, 0.717) is 31.3 Å². The third-order valence-corrected chi connectivity index (χ3v) is 5.42. The van der Waals surface area contributed by atoms with Gasteiger partial charge < -0.3 is 14.4 Å². The standard InChI is InChI=1S/C23H21NO3S/c1-17-9-12-22(28-17)23(25)24(13-5-8-18-6-3-2-4-7-18)19-10-11-20-21(16-19)27-15-14-26-20/h2-12,16H,13-15H2,1H3. The van der Waals surface area contributed by atoms with Crippen LogP contribution in [-0.2, 0) is 0 Å². The van der Waals surface area contributed by atoms with E-state index in [9.17, 15) is 4.79 Å². The highest BCUT2D eigenvalue weighted by atomic mass is 32.1. The van der Waals surface area contributed by atoms with E-state index in [1.54, 1.807) is 4.90 Å². The number of aryl methyl sites for hydroxylation is 1. The highest BCUT2D eigenvalue weighted by Crippen LogP contribution is 2.34. The molecule has 0 bridgehead atoms. The Morgan fingerprint density at radius 3 is 2.57 bits per heavy atom. The van der Waals surface area contributed by atoms with Gasteiger partial charge in [-0.25, -0.2) is 0 Å². The van der Waals surface area contributed by atoms with Gasteiger partial charge in [0.1, 0.15) is 13.2 Å². The number of ether oxygens (including phenoxy) is 2. The van der Waals surface area contributed by atoms with Crippen LogP contribution >= 0.6 is 11.3 Å². The number of nitrogens with zero attached hydrogens (tertiary/aromatic N) is 1. The first-order valence-electron chi connectivity index (χ1n) is 9.20. The van der Waals surface area contributed by atoms with Crippen molar-refractivity contribution in [2.24, 2.45) is 0 Å². The molecule has 0 N–H and O–H groups in total. The lowest BCUT2D eigenvalue weighted by atomic mass is 10.2. The summed E-state index contributed by atoms with van der Waals surface area (Å²) in [5, 5.41) is 0. The molecule has 2 aromatic carbocycles. The van der Waals surface area contributed by atoms with Gasteiger partial charge in [-0.3, -0.25) is 4.79 Å². The number of fused-ring (bicyclic) bond motifs is 1. The maximum Gasteiger partial charge on any atom is 0.268 e. The first kappa shape index (κ1) is 18.3. The minimum Gasteiger partial charge on any atom is -0.486 e. The SMILES string of the molecule is Cc1ccc(C(=O)N(CC=Cc2ccccc2)c2ccc3c(c2)OCCO3)s1. The molecule has 0 aliphatic carbocycles. The molecule has 0 spiro atoms. The van der Waals surface area contributed by atoms with Crippen molar-refractivity contribution in [2.75, 3.05) is 24.7 Å². The van der Waals surface area contributed by atoms with Crippen LogP contribution in [0.25, 0.3) is 6.08 Å². The number of hydrogen-bond acceptors (Lipinski definition) is 4. The lowest BCUT2D eigenvalue weighted by Gasteiger charge is -2.24. The van der Waals surface area contributed by atoms with Crippen molar-refractivity contribution >= 4 is 29.0 Å². The van der Waals surface area contributed by atoms with Gasteiger partial charge in [0.05, 0.1) is 4.88 Å². The van der Waals surface area contributed by atoms with Gasteiger partial charge in [0, 0.05) is 23.2 Å². The van der Waals surface area contributed by atoms with Crippen molar-refractivity contribution in [3.63, 3.8) is 0 Å². The third kappa shape index (κ3) is 4.10. The smallest absolute Gasteiger partial charge is 0.268 e. The van der Waals surface area contributed by atoms with E-state index in [2.05, 4.69) is 0 Å². The Labute approximate surface area is 168 Å². The van der Waals surface area contributed by atoms with Crippen LogP contribution in [0.4, 0.5) is 5.69 Å². The summed E-state index contributed by atoms with van der Waals surface area (Å²) in [5.41, 5.74) is 1.89. The zero-order valence-electron chi connectivity index (χ0n) is 15.6. The van der Waals surface area contributed by atoms with Crippen LogP contribution in [0.2, 0.25) is 0 Å². The maximum absolute atomic E-state index is 13.2. The molecule has 0 atom stereocenters. The van der Waals surface area contributed by atoms with E-state index in [0.717, 1.165) is 21.0 Å². The summed E-state index contributed by atoms with van der Waals surface area (Å²) in [6.45, 7) is 3.53. The quantitative estimate of drug-likeness (QED) is 0.601. The summed E-state index contributed by atoms with van der Waals surface area (Å²) >= 11 is 1.51. The van der Waals surface area contributed by atoms with Gasteiger partial charge in [-0.1, -0.05) is 42.5 Å². The fourth-order valence-electron chi connectivity index (χ4n) is 3.05. The molecule has 28 heavy (non-hydrogen) atoms. The second kappa shape index (κ2) is 8.31. The molecule has 0 unspecified atom stereocenters. The number of hydrogen-bond donors (Lipinski definition) is 0. The summed E-state index contributed by atoms with van der Waals surface area (Å²) in [6.07, 6.45) is 4.03. The molecule has 5 heteroatoms. The third-order valence-electron chi connectivity index (χ3n) is 4.43. The van der Waals surface area contributed by atoms with Crippen LogP contribution in [-0.4, -0.2) is 25.7 Å². The Bertz CT molecular complexity index is 994. The van der Waals surface area contributed by atoms with Crippen molar-refractivity contribution in [1.82, 2.24) is 0 Å². The van der Waals surface area contributed by atoms with Crippen LogP contribution in [0.5, 0.6) is 11.5 Å². The molecule has 1 aromatic heterocycles. The molecule has 4 nitrogen and oxygen atoms in total. The molecule has 0 radical (unpaired) electrons. The number of benzene rings is 2. The molecular formula is C23H21NO3S. The first-order valence-corrected chi connectivity index (χ1v) is 10.0. The Hall–Kier alpha value is -3.05. The van der Waals surface area contributed by atoms with Crippen molar-refractivity contribution in [2.45, 2.75) is 6.92 Å². The Kier molecular flexibility index (Phi) is 5.44. The molecule has 1 amide bonds. The van der Waals surface area contributed by atoms with Crippen molar-refractivity contribution in [3.8, 4) is 11.5 Å². The van der Waals surface area contributed by atoms with Gasteiger partial charge in [-0.2, -0.15) is 0 Å². The van der Waals surface area contributed by atoms with E-state index < -0.39 is 0 Å². The van der Waals surface area contributed by atoms with E-state index in [1.807, 2.05) is 79.7 Å². The Morgan fingerprint density at radius 2 is 1.82 bits per heavy atom. The summed E-state index contributed by atoms with van der Waals surface area (Å²) in [6, 6.07) is 19.6. The topological polar surface area (TPSA) is 38.8 Å². The molecule has 3 aromatic rings. The van der Waals surface area contributed by atoms with Crippen LogP contribution in [0.1, 0.15) is 20.1 Å². The number of anilines is 1. The zero-order valence-corrected chi connectivity index (χ0v) is 16.4. The maximum atomic E-state index is 13.2. The fraction of sp³-hybridized carbons (Fsp3) is 0.174. The summed E-state index contributed by atoms with van der Waals surface area (Å²) < 4.78 is 11.3. The number of amides is 1. The van der Waals surface area contributed by atoms with E-state index >= 15 is 0 Å². The van der Waals surface area contributed by atoms with Crippen molar-refractivity contribution < 1.29 is 14.3 Å². The van der Waals surface area contributed by atoms with Gasteiger partial charge >= 0.3 is 0 Å². The van der Waals surface area contributed by atoms with Crippen molar-refractivity contribution in [3.05, 3.63) is 82.1 Å².